The zero-order valence-electron chi connectivity index (χ0n) is 33.9. The highest BCUT2D eigenvalue weighted by Gasteiger charge is 2.31. The molecule has 7 nitrogen and oxygen atoms in total. The number of halogens is 3. The Labute approximate surface area is 313 Å². The highest BCUT2D eigenvalue weighted by Crippen LogP contribution is 2.26. The van der Waals surface area contributed by atoms with Gasteiger partial charge in [-0.2, -0.15) is 0 Å². The number of piperazine rings is 1. The van der Waals surface area contributed by atoms with E-state index in [1.165, 1.54) is 18.6 Å². The van der Waals surface area contributed by atoms with Gasteiger partial charge in [-0.25, -0.2) is 4.79 Å². The molecule has 0 aliphatic carbocycles. The first-order valence-corrected chi connectivity index (χ1v) is 18.2. The second-order valence-electron chi connectivity index (χ2n) is 12.7. The van der Waals surface area contributed by atoms with Crippen LogP contribution in [0.15, 0.2) is 81.7 Å². The summed E-state index contributed by atoms with van der Waals surface area (Å²) >= 11 is 0. The molecular weight excluding hydrogens is 665 g/mol. The summed E-state index contributed by atoms with van der Waals surface area (Å²) < 4.78 is 44.8. The Hall–Kier alpha value is -4.26. The van der Waals surface area contributed by atoms with Crippen LogP contribution in [0.25, 0.3) is 0 Å². The number of terminal acetylenes is 1. The average Bonchev–Trinajstić information content (AvgIpc) is 3.08. The molecule has 0 saturated carbocycles. The third kappa shape index (κ3) is 21.2. The number of nitrogens with zero attached hydrogens (tertiary/aromatic N) is 4. The van der Waals surface area contributed by atoms with E-state index in [2.05, 4.69) is 83.1 Å². The number of carbonyl (C=O) groups is 1. The van der Waals surface area contributed by atoms with Gasteiger partial charge in [0, 0.05) is 66.8 Å². The molecule has 1 heterocycles. The minimum Gasteiger partial charge on any atom is -0.444 e. The van der Waals surface area contributed by atoms with Gasteiger partial charge >= 0.3 is 12.5 Å². The molecule has 1 aliphatic rings. The summed E-state index contributed by atoms with van der Waals surface area (Å²) in [5.74, 6) is -0.150. The van der Waals surface area contributed by atoms with Crippen molar-refractivity contribution in [1.29, 1.82) is 0 Å². The van der Waals surface area contributed by atoms with Crippen LogP contribution in [0.3, 0.4) is 0 Å². The molecule has 0 bridgehead atoms. The Morgan fingerprint density at radius 3 is 1.96 bits per heavy atom. The highest BCUT2D eigenvalue weighted by atomic mass is 19.4. The van der Waals surface area contributed by atoms with Crippen molar-refractivity contribution >= 4 is 17.5 Å². The van der Waals surface area contributed by atoms with Crippen LogP contribution in [-0.2, 0) is 11.2 Å². The van der Waals surface area contributed by atoms with Crippen molar-refractivity contribution < 1.29 is 27.4 Å². The number of aliphatic imine (C=N–C) groups is 2. The van der Waals surface area contributed by atoms with E-state index in [1.54, 1.807) is 17.0 Å². The fraction of sp³-hybridized carbons (Fsp3) is 0.548. The molecule has 0 radical (unpaired) electrons. The van der Waals surface area contributed by atoms with Crippen LogP contribution in [0, 0.1) is 12.8 Å². The lowest BCUT2D eigenvalue weighted by Crippen LogP contribution is -2.49. The summed E-state index contributed by atoms with van der Waals surface area (Å²) in [6.45, 7) is 27.1. The van der Waals surface area contributed by atoms with Gasteiger partial charge in [0.15, 0.2) is 0 Å². The summed E-state index contributed by atoms with van der Waals surface area (Å²) in [5.41, 5.74) is 5.73. The minimum atomic E-state index is -4.61. The smallest absolute Gasteiger partial charge is 0.444 e. The van der Waals surface area contributed by atoms with Crippen LogP contribution < -0.4 is 4.74 Å². The first kappa shape index (κ1) is 49.9. The molecule has 2 rings (SSSR count). The average molecular weight is 731 g/mol. The van der Waals surface area contributed by atoms with Crippen molar-refractivity contribution in [2.45, 2.75) is 127 Å². The van der Waals surface area contributed by atoms with E-state index in [-0.39, 0.29) is 11.8 Å². The third-order valence-corrected chi connectivity index (χ3v) is 6.99. The Balaban J connectivity index is 0. The fourth-order valence-electron chi connectivity index (χ4n) is 4.85. The van der Waals surface area contributed by atoms with Crippen LogP contribution in [0.4, 0.5) is 18.0 Å². The van der Waals surface area contributed by atoms with Gasteiger partial charge in [0.05, 0.1) is 0 Å². The Kier molecular flexibility index (Phi) is 26.3. The second-order valence-corrected chi connectivity index (χ2v) is 12.7. The number of alkyl halides is 3. The number of carbonyl (C=O) groups excluding carboxylic acids is 1. The van der Waals surface area contributed by atoms with E-state index in [0.717, 1.165) is 72.6 Å². The topological polar surface area (TPSA) is 66.7 Å². The number of hydrogen-bond donors (Lipinski definition) is 0. The molecule has 0 aromatic heterocycles. The summed E-state index contributed by atoms with van der Waals surface area (Å²) in [6, 6.07) is 6.06. The van der Waals surface area contributed by atoms with Gasteiger partial charge in [-0.15, -0.1) is 26.0 Å². The first-order valence-electron chi connectivity index (χ1n) is 18.2. The second kappa shape index (κ2) is 27.4. The normalized spacial score (nSPS) is 14.8. The molecular formula is C42H65F3N4O3. The molecule has 1 fully saturated rings. The van der Waals surface area contributed by atoms with E-state index in [4.69, 9.17) is 14.7 Å². The quantitative estimate of drug-likeness (QED) is 0.129. The van der Waals surface area contributed by atoms with Gasteiger partial charge in [0.25, 0.3) is 0 Å². The third-order valence-electron chi connectivity index (χ3n) is 6.99. The zero-order valence-corrected chi connectivity index (χ0v) is 33.9. The predicted molar refractivity (Wildman–Crippen MR) is 214 cm³/mol. The van der Waals surface area contributed by atoms with E-state index in [9.17, 15) is 18.0 Å². The number of ether oxygens (including phenoxy) is 2. The number of benzene rings is 1. The molecule has 10 heteroatoms. The van der Waals surface area contributed by atoms with Crippen LogP contribution in [0.2, 0.25) is 0 Å². The first-order chi connectivity index (χ1) is 24.5. The van der Waals surface area contributed by atoms with Gasteiger partial charge in [0.2, 0.25) is 0 Å². The molecule has 292 valence electrons. The van der Waals surface area contributed by atoms with Crippen molar-refractivity contribution in [3.63, 3.8) is 0 Å². The monoisotopic (exact) mass is 731 g/mol. The molecule has 52 heavy (non-hydrogen) atoms. The summed E-state index contributed by atoms with van der Waals surface area (Å²) in [6.07, 6.45) is 17.7. The summed E-state index contributed by atoms with van der Waals surface area (Å²) in [7, 11) is 0. The van der Waals surface area contributed by atoms with Gasteiger partial charge in [-0.05, 0) is 85.4 Å². The van der Waals surface area contributed by atoms with Crippen LogP contribution in [0.5, 0.6) is 5.75 Å². The van der Waals surface area contributed by atoms with Gasteiger partial charge < -0.3 is 19.3 Å². The Bertz CT molecular complexity index is 1370. The van der Waals surface area contributed by atoms with Gasteiger partial charge in [-0.3, -0.25) is 9.98 Å². The molecule has 0 spiro atoms. The maximum Gasteiger partial charge on any atom is 0.573 e. The number of hydrogen-bond acceptors (Lipinski definition) is 6. The van der Waals surface area contributed by atoms with Crippen LogP contribution >= 0.6 is 0 Å². The molecule has 1 aromatic carbocycles. The lowest BCUT2D eigenvalue weighted by Gasteiger charge is -2.38. The summed E-state index contributed by atoms with van der Waals surface area (Å²) in [4.78, 5) is 26.0. The highest BCUT2D eigenvalue weighted by molar-refractivity contribution is 6.16. The van der Waals surface area contributed by atoms with Crippen molar-refractivity contribution in [2.24, 2.45) is 9.98 Å². The molecule has 1 amide bonds. The predicted octanol–water partition coefficient (Wildman–Crippen LogP) is 11.7. The molecule has 1 saturated heterocycles. The lowest BCUT2D eigenvalue weighted by atomic mass is 9.93. The molecule has 1 aliphatic heterocycles. The van der Waals surface area contributed by atoms with Gasteiger partial charge in [-0.1, -0.05) is 77.8 Å². The Morgan fingerprint density at radius 1 is 0.923 bits per heavy atom. The van der Waals surface area contributed by atoms with Crippen LogP contribution in [-0.4, -0.2) is 65.5 Å². The van der Waals surface area contributed by atoms with Crippen LogP contribution in [0.1, 0.15) is 114 Å². The van der Waals surface area contributed by atoms with Crippen molar-refractivity contribution in [3.05, 3.63) is 77.3 Å². The SMILES string of the molecule is C#C.CCC.CCCc1cccc(OC(F)(F)F)c1.C\C=C/N=C(CC)/C(=C/C)C(/C(C)=N/C=C/CC)=C(/C)N1CCN(C(=O)OC(C)(C)C)CC1. The standard InChI is InChI=1S/C27H44N4O2.C10H11F3O.C3H8.C2H2/c1-10-14-16-28-21(5)25(23(12-3)24(13-4)29-15-11-2)22(6)30-17-19-31(20-18-30)26(32)33-27(7,8)9;1-2-4-8-5-3-6-9(7-8)14-10(11,12)13;1-3-2;1-2/h11-12,14-16H,10,13,17-20H2,1-9H3;3,5-7H,2,4H2,1H3;3H2,1-2H3;1-2H/b15-11-,16-14+,23-12-,25-22-,28-21+,29-24+;;;. The number of allylic oxidation sites excluding steroid dienone is 6. The largest absolute Gasteiger partial charge is 0.573 e. The van der Waals surface area contributed by atoms with Gasteiger partial charge in [0.1, 0.15) is 11.4 Å². The fourth-order valence-corrected chi connectivity index (χ4v) is 4.85. The molecule has 1 aromatic rings. The van der Waals surface area contributed by atoms with Crippen molar-refractivity contribution in [3.8, 4) is 18.6 Å². The van der Waals surface area contributed by atoms with E-state index >= 15 is 0 Å². The maximum atomic E-state index is 12.5. The van der Waals surface area contributed by atoms with Crippen molar-refractivity contribution in [1.82, 2.24) is 9.80 Å². The molecule has 0 N–H and O–H groups in total. The Morgan fingerprint density at radius 2 is 1.50 bits per heavy atom. The minimum absolute atomic E-state index is 0.150. The number of rotatable bonds is 11. The van der Waals surface area contributed by atoms with E-state index in [1.807, 2.05) is 53.1 Å². The zero-order chi connectivity index (χ0) is 40.3. The molecule has 0 atom stereocenters. The van der Waals surface area contributed by atoms with Crippen molar-refractivity contribution in [2.75, 3.05) is 26.2 Å². The summed E-state index contributed by atoms with van der Waals surface area (Å²) in [5, 5.41) is 0. The number of aryl methyl sites for hydroxylation is 1. The molecule has 0 unspecified atom stereocenters. The van der Waals surface area contributed by atoms with E-state index in [0.29, 0.717) is 13.1 Å². The lowest BCUT2D eigenvalue weighted by molar-refractivity contribution is -0.274. The number of amides is 1. The maximum absolute atomic E-state index is 12.5. The van der Waals surface area contributed by atoms with E-state index < -0.39 is 12.0 Å².